The minimum Gasteiger partial charge on any atom is -0.463 e. The number of rotatable bonds is 85. The van der Waals surface area contributed by atoms with Crippen LogP contribution in [-0.2, 0) is 55.8 Å². The van der Waals surface area contributed by atoms with Crippen molar-refractivity contribution in [3.63, 3.8) is 0 Å². The SMILES string of the molecule is CCCCC/C=C\C/C=C\C/C=C\C/C=C\CCCCCCCCCCCCCCCC(=O)OCC(O)COP(=O)(O)OCC(O)COP(=O)(O)OCC(COC(=O)CCCCCCCCCCCCCCC/C=C\C/C=C\C/C=C\C/C=C\CCCCC)OC(=O)CCCCCCCCCCCCCCCCC. The molecule has 0 aliphatic heterocycles. The predicted molar refractivity (Wildman–Crippen MR) is 454 cm³/mol. The third-order valence-corrected chi connectivity index (χ3v) is 21.2. The van der Waals surface area contributed by atoms with Crippen LogP contribution in [0.2, 0.25) is 0 Å². The number of phosphoric acid groups is 2. The highest BCUT2D eigenvalue weighted by Gasteiger charge is 2.29. The molecular weight excluding hydrogens is 1410 g/mol. The van der Waals surface area contributed by atoms with Crippen LogP contribution >= 0.6 is 15.6 Å². The average molecular weight is 1580 g/mol. The standard InChI is InChI=1S/C91H164O16P2/c1-4-7-10-13-16-19-22-25-28-30-32-34-36-38-40-42-44-46-48-50-52-54-57-59-62-65-68-71-74-77-89(94)101-80-86(92)81-103-108(97,98)104-82-87(93)83-105-109(99,100)106-85-88(107-91(96)79-76-73-70-67-64-61-56-27-24-21-18-15-12-9-6-3)84-102-90(95)78-75-72-69-66-63-60-58-55-53-51-49-47-45-43-41-39-37-35-33-31-29-26-23-20-17-14-11-8-5-2/h16-17,19-20,25-26,28-29,32-35,38-41,86-88,92-93H,4-15,18,21-24,27,30-31,36-37,42-85H2,1-3H3,(H,97,98)(H,99,100)/b19-16-,20-17-,28-25-,29-26-,34-32-,35-33-,40-38-,41-39-. The van der Waals surface area contributed by atoms with Gasteiger partial charge in [0.05, 0.1) is 26.4 Å². The summed E-state index contributed by atoms with van der Waals surface area (Å²) in [6, 6.07) is 0. The van der Waals surface area contributed by atoms with E-state index in [0.717, 1.165) is 116 Å². The predicted octanol–water partition coefficient (Wildman–Crippen LogP) is 26.9. The summed E-state index contributed by atoms with van der Waals surface area (Å²) >= 11 is 0. The van der Waals surface area contributed by atoms with Gasteiger partial charge in [0.1, 0.15) is 25.4 Å². The number of phosphoric ester groups is 2. The van der Waals surface area contributed by atoms with Crippen LogP contribution in [0.3, 0.4) is 0 Å². The topological polar surface area (TPSA) is 231 Å². The van der Waals surface area contributed by atoms with Crippen molar-refractivity contribution in [1.82, 2.24) is 0 Å². The molecule has 0 bridgehead atoms. The van der Waals surface area contributed by atoms with E-state index in [1.54, 1.807) is 0 Å². The van der Waals surface area contributed by atoms with Crippen molar-refractivity contribution in [2.24, 2.45) is 0 Å². The molecule has 5 atom stereocenters. The number of unbranched alkanes of at least 4 members (excludes halogenated alkanes) is 46. The minimum absolute atomic E-state index is 0.110. The summed E-state index contributed by atoms with van der Waals surface area (Å²) in [6.45, 7) is 2.70. The summed E-state index contributed by atoms with van der Waals surface area (Å²) in [5, 5.41) is 20.7. The fourth-order valence-electron chi connectivity index (χ4n) is 12.5. The molecule has 0 aliphatic carbocycles. The molecule has 16 nitrogen and oxygen atoms in total. The summed E-state index contributed by atoms with van der Waals surface area (Å²) < 4.78 is 61.4. The molecule has 5 unspecified atom stereocenters. The molecule has 0 heterocycles. The average Bonchev–Trinajstić information content (AvgIpc) is 0.903. The second kappa shape index (κ2) is 83.9. The van der Waals surface area contributed by atoms with Crippen LogP contribution < -0.4 is 0 Å². The van der Waals surface area contributed by atoms with Gasteiger partial charge >= 0.3 is 33.6 Å². The summed E-state index contributed by atoms with van der Waals surface area (Å²) in [7, 11) is -9.79. The first-order valence-electron chi connectivity index (χ1n) is 44.5. The van der Waals surface area contributed by atoms with E-state index >= 15 is 0 Å². The van der Waals surface area contributed by atoms with Gasteiger partial charge < -0.3 is 34.2 Å². The fourth-order valence-corrected chi connectivity index (χ4v) is 14.1. The Labute approximate surface area is 667 Å². The van der Waals surface area contributed by atoms with E-state index in [1.807, 2.05) is 0 Å². The number of aliphatic hydroxyl groups excluding tert-OH is 2. The second-order valence-electron chi connectivity index (χ2n) is 30.1. The normalized spacial score (nSPS) is 14.3. The highest BCUT2D eigenvalue weighted by molar-refractivity contribution is 7.47. The zero-order chi connectivity index (χ0) is 79.4. The maximum absolute atomic E-state index is 13.0. The van der Waals surface area contributed by atoms with E-state index in [-0.39, 0.29) is 19.3 Å². The number of hydrogen-bond donors (Lipinski definition) is 4. The molecule has 0 saturated heterocycles. The highest BCUT2D eigenvalue weighted by Crippen LogP contribution is 2.45. The van der Waals surface area contributed by atoms with Gasteiger partial charge in [0, 0.05) is 19.3 Å². The van der Waals surface area contributed by atoms with E-state index in [4.69, 9.17) is 32.3 Å². The zero-order valence-corrected chi connectivity index (χ0v) is 71.5. The van der Waals surface area contributed by atoms with Gasteiger partial charge in [0.2, 0.25) is 0 Å². The first kappa shape index (κ1) is 105. The molecule has 0 fully saturated rings. The van der Waals surface area contributed by atoms with E-state index in [1.165, 1.54) is 231 Å². The number of esters is 3. The molecule has 0 aromatic rings. The first-order chi connectivity index (χ1) is 53.2. The Kier molecular flexibility index (Phi) is 81.2. The Bertz CT molecular complexity index is 2370. The maximum Gasteiger partial charge on any atom is 0.472 e. The largest absolute Gasteiger partial charge is 0.472 e. The van der Waals surface area contributed by atoms with Crippen LogP contribution in [0.1, 0.15) is 406 Å². The third-order valence-electron chi connectivity index (χ3n) is 19.3. The Hall–Kier alpha value is -3.53. The molecule has 0 aromatic carbocycles. The monoisotopic (exact) mass is 1580 g/mol. The molecule has 0 spiro atoms. The molecule has 0 amide bonds. The molecule has 0 aromatic heterocycles. The highest BCUT2D eigenvalue weighted by atomic mass is 31.2. The van der Waals surface area contributed by atoms with Crippen molar-refractivity contribution in [3.8, 4) is 0 Å². The van der Waals surface area contributed by atoms with Gasteiger partial charge in [-0.05, 0) is 109 Å². The molecule has 0 rings (SSSR count). The van der Waals surface area contributed by atoms with E-state index in [2.05, 4.69) is 118 Å². The van der Waals surface area contributed by atoms with Crippen molar-refractivity contribution in [2.45, 2.75) is 424 Å². The summed E-state index contributed by atoms with van der Waals surface area (Å²) in [5.41, 5.74) is 0. The second-order valence-corrected chi connectivity index (χ2v) is 33.0. The van der Waals surface area contributed by atoms with Crippen LogP contribution in [0.4, 0.5) is 0 Å². The van der Waals surface area contributed by atoms with E-state index in [9.17, 15) is 43.5 Å². The van der Waals surface area contributed by atoms with Crippen LogP contribution in [0.5, 0.6) is 0 Å². The first-order valence-corrected chi connectivity index (χ1v) is 47.5. The van der Waals surface area contributed by atoms with Gasteiger partial charge in [-0.25, -0.2) is 9.13 Å². The Balaban J connectivity index is 4.49. The van der Waals surface area contributed by atoms with Crippen molar-refractivity contribution >= 4 is 33.6 Å². The molecule has 18 heteroatoms. The van der Waals surface area contributed by atoms with Gasteiger partial charge in [-0.3, -0.25) is 32.5 Å². The summed E-state index contributed by atoms with van der Waals surface area (Å²) in [6.07, 6.45) is 98.8. The van der Waals surface area contributed by atoms with Gasteiger partial charge in [-0.15, -0.1) is 0 Å². The van der Waals surface area contributed by atoms with E-state index in [0.29, 0.717) is 19.3 Å². The Morgan fingerprint density at radius 3 is 0.743 bits per heavy atom. The smallest absolute Gasteiger partial charge is 0.463 e. The van der Waals surface area contributed by atoms with Crippen LogP contribution in [0.25, 0.3) is 0 Å². The molecule has 109 heavy (non-hydrogen) atoms. The van der Waals surface area contributed by atoms with Crippen LogP contribution in [0.15, 0.2) is 97.2 Å². The summed E-state index contributed by atoms with van der Waals surface area (Å²) in [5.74, 6) is -1.55. The number of aliphatic hydroxyl groups is 2. The lowest BCUT2D eigenvalue weighted by Gasteiger charge is -2.21. The lowest BCUT2D eigenvalue weighted by atomic mass is 10.0. The van der Waals surface area contributed by atoms with Gasteiger partial charge in [0.15, 0.2) is 6.10 Å². The third kappa shape index (κ3) is 85.2. The molecular formula is C91H164O16P2. The summed E-state index contributed by atoms with van der Waals surface area (Å²) in [4.78, 5) is 58.9. The van der Waals surface area contributed by atoms with Crippen molar-refractivity contribution in [3.05, 3.63) is 97.2 Å². The van der Waals surface area contributed by atoms with Gasteiger partial charge in [-0.1, -0.05) is 375 Å². The Morgan fingerprint density at radius 1 is 0.257 bits per heavy atom. The molecule has 4 N–H and O–H groups in total. The number of carbonyl (C=O) groups is 3. The van der Waals surface area contributed by atoms with Crippen molar-refractivity contribution in [2.75, 3.05) is 39.6 Å². The zero-order valence-electron chi connectivity index (χ0n) is 69.7. The Morgan fingerprint density at radius 2 is 0.459 bits per heavy atom. The fraction of sp³-hybridized carbons (Fsp3) is 0.791. The lowest BCUT2D eigenvalue weighted by molar-refractivity contribution is -0.161. The molecule has 0 saturated carbocycles. The van der Waals surface area contributed by atoms with Crippen LogP contribution in [0, 0.1) is 0 Å². The van der Waals surface area contributed by atoms with Gasteiger partial charge in [-0.2, -0.15) is 0 Å². The molecule has 0 radical (unpaired) electrons. The molecule has 0 aliphatic rings. The van der Waals surface area contributed by atoms with E-state index < -0.39 is 91.5 Å². The number of carbonyl (C=O) groups excluding carboxylic acids is 3. The maximum atomic E-state index is 13.0. The lowest BCUT2D eigenvalue weighted by Crippen LogP contribution is -2.30. The van der Waals surface area contributed by atoms with Crippen molar-refractivity contribution < 1.29 is 75.8 Å². The molecule has 634 valence electrons. The van der Waals surface area contributed by atoms with Crippen molar-refractivity contribution in [1.29, 1.82) is 0 Å². The number of ether oxygens (including phenoxy) is 3. The quantitative estimate of drug-likeness (QED) is 0.0146. The number of hydrogen-bond acceptors (Lipinski definition) is 14. The van der Waals surface area contributed by atoms with Gasteiger partial charge in [0.25, 0.3) is 0 Å². The van der Waals surface area contributed by atoms with Crippen LogP contribution in [-0.4, -0.2) is 95.9 Å². The number of allylic oxidation sites excluding steroid dienone is 16. The minimum atomic E-state index is -4.93.